The minimum atomic E-state index is 0.413. The molecule has 3 aromatic rings. The van der Waals surface area contributed by atoms with Gasteiger partial charge in [0, 0.05) is 33.2 Å². The molecule has 1 unspecified atom stereocenters. The van der Waals surface area contributed by atoms with Crippen molar-refractivity contribution >= 4 is 27.5 Å². The molecule has 0 amide bonds. The lowest BCUT2D eigenvalue weighted by molar-refractivity contribution is 0.301. The Morgan fingerprint density at radius 1 is 0.964 bits per heavy atom. The second kappa shape index (κ2) is 10.7. The summed E-state index contributed by atoms with van der Waals surface area (Å²) in [5, 5.41) is 4.35. The van der Waals surface area contributed by atoms with Gasteiger partial charge in [-0.3, -0.25) is 0 Å². The van der Waals surface area contributed by atoms with E-state index >= 15 is 0 Å². The number of hydrogen-bond donors (Lipinski definition) is 1. The third-order valence-electron chi connectivity index (χ3n) is 4.71. The van der Waals surface area contributed by atoms with Crippen molar-refractivity contribution < 1.29 is 4.74 Å². The number of halogens is 2. The number of benzene rings is 3. The topological polar surface area (TPSA) is 21.3 Å². The first kappa shape index (κ1) is 20.9. The highest BCUT2D eigenvalue weighted by Crippen LogP contribution is 2.25. The normalized spacial score (nSPS) is 12.0. The van der Waals surface area contributed by atoms with E-state index in [1.165, 1.54) is 5.56 Å². The molecule has 146 valence electrons. The molecule has 2 nitrogen and oxygen atoms in total. The van der Waals surface area contributed by atoms with Crippen LogP contribution in [0.1, 0.15) is 30.0 Å². The summed E-state index contributed by atoms with van der Waals surface area (Å²) in [6, 6.07) is 24.9. The summed E-state index contributed by atoms with van der Waals surface area (Å²) in [6.45, 7) is 3.44. The zero-order valence-corrected chi connectivity index (χ0v) is 18.3. The summed E-state index contributed by atoms with van der Waals surface area (Å²) in [5.41, 5.74) is 3.50. The van der Waals surface area contributed by atoms with Gasteiger partial charge in [-0.15, -0.1) is 0 Å². The fraction of sp³-hybridized carbons (Fsp3) is 0.250. The Labute approximate surface area is 181 Å². The molecule has 0 fully saturated rings. The van der Waals surface area contributed by atoms with Crippen molar-refractivity contribution in [3.8, 4) is 5.75 Å². The van der Waals surface area contributed by atoms with E-state index in [1.807, 2.05) is 36.4 Å². The first-order valence-corrected chi connectivity index (χ1v) is 10.7. The first-order chi connectivity index (χ1) is 13.6. The Balaban J connectivity index is 1.57. The molecule has 0 saturated carbocycles. The van der Waals surface area contributed by atoms with E-state index in [-0.39, 0.29) is 0 Å². The average Bonchev–Trinajstić information content (AvgIpc) is 2.72. The highest BCUT2D eigenvalue weighted by atomic mass is 79.9. The van der Waals surface area contributed by atoms with E-state index in [2.05, 4.69) is 64.6 Å². The van der Waals surface area contributed by atoms with Crippen LogP contribution in [-0.4, -0.2) is 6.04 Å². The average molecular weight is 459 g/mol. The van der Waals surface area contributed by atoms with Gasteiger partial charge in [-0.05, 0) is 49.6 Å². The fourth-order valence-electron chi connectivity index (χ4n) is 3.01. The van der Waals surface area contributed by atoms with Gasteiger partial charge in [-0.2, -0.15) is 0 Å². The lowest BCUT2D eigenvalue weighted by atomic mass is 10.1. The molecular formula is C24H25BrClNO. The summed E-state index contributed by atoms with van der Waals surface area (Å²) in [7, 11) is 0. The van der Waals surface area contributed by atoms with Crippen LogP contribution in [0.15, 0.2) is 77.3 Å². The van der Waals surface area contributed by atoms with Gasteiger partial charge in [-0.25, -0.2) is 0 Å². The van der Waals surface area contributed by atoms with E-state index in [1.54, 1.807) is 0 Å². The highest BCUT2D eigenvalue weighted by Gasteiger charge is 2.09. The van der Waals surface area contributed by atoms with E-state index in [4.69, 9.17) is 16.3 Å². The van der Waals surface area contributed by atoms with Crippen LogP contribution in [0.5, 0.6) is 5.75 Å². The zero-order valence-electron chi connectivity index (χ0n) is 16.0. The van der Waals surface area contributed by atoms with E-state index in [0.717, 1.165) is 45.8 Å². The fourth-order valence-corrected chi connectivity index (χ4v) is 3.61. The van der Waals surface area contributed by atoms with Crippen molar-refractivity contribution in [3.63, 3.8) is 0 Å². The quantitative estimate of drug-likeness (QED) is 0.381. The van der Waals surface area contributed by atoms with Crippen LogP contribution in [0.3, 0.4) is 0 Å². The maximum Gasteiger partial charge on any atom is 0.124 e. The van der Waals surface area contributed by atoms with Crippen LogP contribution < -0.4 is 10.1 Å². The maximum atomic E-state index is 6.24. The SMILES string of the molecule is CC(CCc1ccccc1)NCc1cc(Br)ccc1OCc1ccccc1Cl. The molecule has 0 aliphatic heterocycles. The molecule has 0 aliphatic carbocycles. The second-order valence-electron chi connectivity index (χ2n) is 6.94. The van der Waals surface area contributed by atoms with E-state index in [0.29, 0.717) is 12.6 Å². The van der Waals surface area contributed by atoms with Crippen molar-refractivity contribution in [1.29, 1.82) is 0 Å². The Morgan fingerprint density at radius 3 is 2.50 bits per heavy atom. The summed E-state index contributed by atoms with van der Waals surface area (Å²) in [4.78, 5) is 0. The van der Waals surface area contributed by atoms with E-state index < -0.39 is 0 Å². The Bertz CT molecular complexity index is 885. The van der Waals surface area contributed by atoms with Gasteiger partial charge < -0.3 is 10.1 Å². The minimum Gasteiger partial charge on any atom is -0.489 e. The van der Waals surface area contributed by atoms with Crippen LogP contribution >= 0.6 is 27.5 Å². The van der Waals surface area contributed by atoms with Gasteiger partial charge >= 0.3 is 0 Å². The van der Waals surface area contributed by atoms with Gasteiger partial charge in [0.25, 0.3) is 0 Å². The third-order valence-corrected chi connectivity index (χ3v) is 5.58. The largest absolute Gasteiger partial charge is 0.489 e. The smallest absolute Gasteiger partial charge is 0.124 e. The molecule has 0 heterocycles. The molecule has 3 aromatic carbocycles. The molecular weight excluding hydrogens is 434 g/mol. The van der Waals surface area contributed by atoms with Gasteiger partial charge in [0.2, 0.25) is 0 Å². The van der Waals surface area contributed by atoms with Crippen molar-refractivity contribution in [3.05, 3.63) is 99.0 Å². The third kappa shape index (κ3) is 6.37. The molecule has 0 aliphatic rings. The van der Waals surface area contributed by atoms with Crippen LogP contribution in [0.4, 0.5) is 0 Å². The molecule has 0 saturated heterocycles. The number of aryl methyl sites for hydroxylation is 1. The van der Waals surface area contributed by atoms with Gasteiger partial charge in [0.05, 0.1) is 0 Å². The maximum absolute atomic E-state index is 6.24. The molecule has 0 spiro atoms. The summed E-state index contributed by atoms with van der Waals surface area (Å²) >= 11 is 9.81. The van der Waals surface area contributed by atoms with Gasteiger partial charge in [0.1, 0.15) is 12.4 Å². The number of rotatable bonds is 9. The summed E-state index contributed by atoms with van der Waals surface area (Å²) in [5.74, 6) is 0.880. The predicted octanol–water partition coefficient (Wildman–Crippen LogP) is 6.79. The molecule has 0 aromatic heterocycles. The zero-order chi connectivity index (χ0) is 19.8. The van der Waals surface area contributed by atoms with Crippen LogP contribution in [0.2, 0.25) is 5.02 Å². The standard InChI is InChI=1S/C24H25BrClNO/c1-18(11-12-19-7-3-2-4-8-19)27-16-21-15-22(25)13-14-24(21)28-17-20-9-5-6-10-23(20)26/h2-10,13-15,18,27H,11-12,16-17H2,1H3. The summed E-state index contributed by atoms with van der Waals surface area (Å²) < 4.78 is 7.12. The number of nitrogens with one attached hydrogen (secondary N) is 1. The summed E-state index contributed by atoms with van der Waals surface area (Å²) in [6.07, 6.45) is 2.16. The molecule has 28 heavy (non-hydrogen) atoms. The van der Waals surface area contributed by atoms with Crippen LogP contribution in [-0.2, 0) is 19.6 Å². The molecule has 1 atom stereocenters. The Morgan fingerprint density at radius 2 is 1.71 bits per heavy atom. The van der Waals surface area contributed by atoms with Crippen molar-refractivity contribution in [2.45, 2.75) is 39.0 Å². The predicted molar refractivity (Wildman–Crippen MR) is 121 cm³/mol. The van der Waals surface area contributed by atoms with Gasteiger partial charge in [-0.1, -0.05) is 76.1 Å². The molecule has 0 bridgehead atoms. The van der Waals surface area contributed by atoms with Crippen LogP contribution in [0.25, 0.3) is 0 Å². The van der Waals surface area contributed by atoms with Crippen molar-refractivity contribution in [2.75, 3.05) is 0 Å². The first-order valence-electron chi connectivity index (χ1n) is 9.54. The van der Waals surface area contributed by atoms with Crippen molar-refractivity contribution in [2.24, 2.45) is 0 Å². The lowest BCUT2D eigenvalue weighted by Gasteiger charge is -2.17. The highest BCUT2D eigenvalue weighted by molar-refractivity contribution is 9.10. The Hall–Kier alpha value is -1.81. The second-order valence-corrected chi connectivity index (χ2v) is 8.26. The molecule has 4 heteroatoms. The molecule has 3 rings (SSSR count). The molecule has 1 N–H and O–H groups in total. The monoisotopic (exact) mass is 457 g/mol. The number of ether oxygens (including phenoxy) is 1. The molecule has 0 radical (unpaired) electrons. The number of hydrogen-bond acceptors (Lipinski definition) is 2. The van der Waals surface area contributed by atoms with Crippen LogP contribution in [0, 0.1) is 0 Å². The van der Waals surface area contributed by atoms with E-state index in [9.17, 15) is 0 Å². The lowest BCUT2D eigenvalue weighted by Crippen LogP contribution is -2.26. The Kier molecular flexibility index (Phi) is 7.96. The van der Waals surface area contributed by atoms with Crippen molar-refractivity contribution in [1.82, 2.24) is 5.32 Å². The minimum absolute atomic E-state index is 0.413. The van der Waals surface area contributed by atoms with Gasteiger partial charge in [0.15, 0.2) is 0 Å².